The quantitative estimate of drug-likeness (QED) is 0.850. The summed E-state index contributed by atoms with van der Waals surface area (Å²) in [5, 5.41) is 4.23. The summed E-state index contributed by atoms with van der Waals surface area (Å²) in [6.07, 6.45) is 3.28. The number of hydrogen-bond donors (Lipinski definition) is 1. The van der Waals surface area contributed by atoms with E-state index >= 15 is 0 Å². The van der Waals surface area contributed by atoms with Gasteiger partial charge in [-0.25, -0.2) is 0 Å². The number of likely N-dealkylation sites (tertiary alicyclic amines) is 1. The molecule has 1 atom stereocenters. The molecular weight excluding hydrogens is 314 g/mol. The van der Waals surface area contributed by atoms with E-state index in [2.05, 4.69) is 34.3 Å². The zero-order valence-corrected chi connectivity index (χ0v) is 15.3. The molecule has 0 radical (unpaired) electrons. The van der Waals surface area contributed by atoms with Gasteiger partial charge in [-0.3, -0.25) is 9.59 Å². The second-order valence-electron chi connectivity index (χ2n) is 7.79. The van der Waals surface area contributed by atoms with Gasteiger partial charge in [-0.15, -0.1) is 0 Å². The fourth-order valence-electron chi connectivity index (χ4n) is 3.47. The minimum Gasteiger partial charge on any atom is -0.356 e. The second-order valence-corrected chi connectivity index (χ2v) is 7.79. The molecule has 25 heavy (non-hydrogen) atoms. The highest BCUT2D eigenvalue weighted by atomic mass is 16.2. The van der Waals surface area contributed by atoms with Crippen LogP contribution in [0.1, 0.15) is 33.6 Å². The molecule has 1 aliphatic rings. The maximum absolute atomic E-state index is 12.3. The van der Waals surface area contributed by atoms with Gasteiger partial charge in [0.05, 0.1) is 5.92 Å². The average Bonchev–Trinajstić information content (AvgIpc) is 3.15. The number of aromatic nitrogens is 1. The normalized spacial score (nSPS) is 18.1. The third kappa shape index (κ3) is 3.86. The number of amides is 2. The maximum atomic E-state index is 12.3. The number of aryl methyl sites for hydroxylation is 1. The maximum Gasteiger partial charge on any atom is 0.225 e. The second kappa shape index (κ2) is 6.90. The first kappa shape index (κ1) is 17.5. The number of nitrogens with zero attached hydrogens (tertiary/aromatic N) is 2. The number of carbonyl (C=O) groups is 2. The van der Waals surface area contributed by atoms with E-state index in [1.54, 1.807) is 0 Å². The van der Waals surface area contributed by atoms with Crippen LogP contribution < -0.4 is 5.32 Å². The number of fused-ring (bicyclic) bond motifs is 1. The van der Waals surface area contributed by atoms with E-state index in [1.807, 2.05) is 37.8 Å². The van der Waals surface area contributed by atoms with Crippen LogP contribution in [0.25, 0.3) is 10.9 Å². The molecule has 0 saturated carbocycles. The van der Waals surface area contributed by atoms with Gasteiger partial charge in [0.25, 0.3) is 0 Å². The van der Waals surface area contributed by atoms with Gasteiger partial charge in [0, 0.05) is 43.3 Å². The van der Waals surface area contributed by atoms with E-state index in [1.165, 1.54) is 10.9 Å². The van der Waals surface area contributed by atoms with Crippen LogP contribution in [0.15, 0.2) is 36.5 Å². The molecule has 5 nitrogen and oxygen atoms in total. The Balaban J connectivity index is 1.46. The van der Waals surface area contributed by atoms with Gasteiger partial charge >= 0.3 is 0 Å². The van der Waals surface area contributed by atoms with E-state index in [9.17, 15) is 9.59 Å². The van der Waals surface area contributed by atoms with Crippen molar-refractivity contribution in [2.45, 2.75) is 45.7 Å². The summed E-state index contributed by atoms with van der Waals surface area (Å²) in [4.78, 5) is 26.2. The molecule has 2 aromatic rings. The van der Waals surface area contributed by atoms with Crippen molar-refractivity contribution < 1.29 is 9.59 Å². The number of hydrogen-bond acceptors (Lipinski definition) is 2. The van der Waals surface area contributed by atoms with Crippen molar-refractivity contribution in [2.75, 3.05) is 13.1 Å². The van der Waals surface area contributed by atoms with Gasteiger partial charge in [0.1, 0.15) is 0 Å². The van der Waals surface area contributed by atoms with Gasteiger partial charge in [-0.05, 0) is 44.7 Å². The molecule has 0 bridgehead atoms. The lowest BCUT2D eigenvalue weighted by Crippen LogP contribution is -2.43. The molecular formula is C20H27N3O2. The zero-order chi connectivity index (χ0) is 18.0. The van der Waals surface area contributed by atoms with Crippen LogP contribution in [0.4, 0.5) is 0 Å². The first-order chi connectivity index (χ1) is 11.9. The van der Waals surface area contributed by atoms with Gasteiger partial charge in [0.15, 0.2) is 0 Å². The van der Waals surface area contributed by atoms with Gasteiger partial charge < -0.3 is 14.8 Å². The molecule has 0 aliphatic carbocycles. The van der Waals surface area contributed by atoms with Crippen LogP contribution in [0.5, 0.6) is 0 Å². The fraction of sp³-hybridized carbons (Fsp3) is 0.500. The lowest BCUT2D eigenvalue weighted by atomic mass is 10.1. The summed E-state index contributed by atoms with van der Waals surface area (Å²) in [6, 6.07) is 10.4. The highest BCUT2D eigenvalue weighted by Gasteiger charge is 2.39. The number of rotatable bonds is 5. The monoisotopic (exact) mass is 341 g/mol. The molecule has 1 aromatic carbocycles. The van der Waals surface area contributed by atoms with Crippen LogP contribution in [0.3, 0.4) is 0 Å². The first-order valence-electron chi connectivity index (χ1n) is 8.98. The molecule has 0 unspecified atom stereocenters. The lowest BCUT2D eigenvalue weighted by molar-refractivity contribution is -0.132. The summed E-state index contributed by atoms with van der Waals surface area (Å²) in [5.41, 5.74) is 0.998. The molecule has 0 spiro atoms. The number of para-hydroxylation sites is 1. The minimum absolute atomic E-state index is 0.00235. The standard InChI is InChI=1S/C20H27N3O2/c1-20(2,3)23-14-16(13-18(23)24)19(25)21-10-6-11-22-12-9-15-7-4-5-8-17(15)22/h4-5,7-9,12,16H,6,10-11,13-14H2,1-3H3,(H,21,25)/t16-/m1/s1. The molecule has 1 aromatic heterocycles. The minimum atomic E-state index is -0.223. The van der Waals surface area contributed by atoms with Gasteiger partial charge in [-0.2, -0.15) is 0 Å². The first-order valence-corrected chi connectivity index (χ1v) is 8.98. The van der Waals surface area contributed by atoms with Crippen LogP contribution in [0.2, 0.25) is 0 Å². The van der Waals surface area contributed by atoms with Crippen LogP contribution in [-0.4, -0.2) is 39.9 Å². The SMILES string of the molecule is CC(C)(C)N1C[C@H](C(=O)NCCCn2ccc3ccccc32)CC1=O. The fourth-order valence-corrected chi connectivity index (χ4v) is 3.47. The Morgan fingerprint density at radius 3 is 2.72 bits per heavy atom. The summed E-state index contributed by atoms with van der Waals surface area (Å²) in [7, 11) is 0. The van der Waals surface area contributed by atoms with Gasteiger partial charge in [0.2, 0.25) is 11.8 Å². The Labute approximate surface area is 149 Å². The summed E-state index contributed by atoms with van der Waals surface area (Å²) < 4.78 is 2.21. The molecule has 1 aliphatic heterocycles. The summed E-state index contributed by atoms with van der Waals surface area (Å²) in [6.45, 7) is 8.04. The topological polar surface area (TPSA) is 54.3 Å². The Hall–Kier alpha value is -2.30. The van der Waals surface area contributed by atoms with Crippen molar-refractivity contribution >= 4 is 22.7 Å². The van der Waals surface area contributed by atoms with Gasteiger partial charge in [-0.1, -0.05) is 18.2 Å². The number of benzene rings is 1. The predicted molar refractivity (Wildman–Crippen MR) is 99.1 cm³/mol. The smallest absolute Gasteiger partial charge is 0.225 e. The third-order valence-electron chi connectivity index (χ3n) is 4.86. The highest BCUT2D eigenvalue weighted by molar-refractivity contribution is 5.89. The molecule has 134 valence electrons. The molecule has 3 rings (SSSR count). The molecule has 1 saturated heterocycles. The zero-order valence-electron chi connectivity index (χ0n) is 15.3. The highest BCUT2D eigenvalue weighted by Crippen LogP contribution is 2.25. The predicted octanol–water partition coefficient (Wildman–Crippen LogP) is 2.79. The van der Waals surface area contributed by atoms with Crippen molar-refractivity contribution in [3.05, 3.63) is 36.5 Å². The van der Waals surface area contributed by atoms with E-state index in [-0.39, 0.29) is 23.3 Å². The Bertz CT molecular complexity index is 773. The van der Waals surface area contributed by atoms with Crippen LogP contribution in [0, 0.1) is 5.92 Å². The molecule has 5 heteroatoms. The van der Waals surface area contributed by atoms with E-state index in [0.29, 0.717) is 19.5 Å². The third-order valence-corrected chi connectivity index (χ3v) is 4.86. The summed E-state index contributed by atoms with van der Waals surface area (Å²) in [5.74, 6) is -0.150. The van der Waals surface area contributed by atoms with E-state index < -0.39 is 0 Å². The van der Waals surface area contributed by atoms with Crippen molar-refractivity contribution in [1.29, 1.82) is 0 Å². The Morgan fingerprint density at radius 2 is 2.00 bits per heavy atom. The molecule has 2 amide bonds. The van der Waals surface area contributed by atoms with Crippen LogP contribution >= 0.6 is 0 Å². The Morgan fingerprint density at radius 1 is 1.24 bits per heavy atom. The van der Waals surface area contributed by atoms with E-state index in [4.69, 9.17) is 0 Å². The lowest BCUT2D eigenvalue weighted by Gasteiger charge is -2.31. The number of carbonyl (C=O) groups excluding carboxylic acids is 2. The molecule has 1 N–H and O–H groups in total. The Kier molecular flexibility index (Phi) is 4.84. The van der Waals surface area contributed by atoms with Crippen molar-refractivity contribution in [1.82, 2.24) is 14.8 Å². The van der Waals surface area contributed by atoms with Crippen molar-refractivity contribution in [2.24, 2.45) is 5.92 Å². The largest absolute Gasteiger partial charge is 0.356 e. The number of nitrogens with one attached hydrogen (secondary N) is 1. The van der Waals surface area contributed by atoms with Crippen molar-refractivity contribution in [3.63, 3.8) is 0 Å². The van der Waals surface area contributed by atoms with Crippen molar-refractivity contribution in [3.8, 4) is 0 Å². The summed E-state index contributed by atoms with van der Waals surface area (Å²) >= 11 is 0. The molecule has 1 fully saturated rings. The van der Waals surface area contributed by atoms with Crippen LogP contribution in [-0.2, 0) is 16.1 Å². The van der Waals surface area contributed by atoms with E-state index in [0.717, 1.165) is 13.0 Å². The average molecular weight is 341 g/mol. The molecule has 2 heterocycles.